The highest BCUT2D eigenvalue weighted by Gasteiger charge is 2.23. The number of rotatable bonds is 4. The molecule has 2 aliphatic heterocycles. The predicted molar refractivity (Wildman–Crippen MR) is 65.3 cm³/mol. The molecule has 2 heterocycles. The Labute approximate surface area is 98.8 Å². The zero-order valence-corrected chi connectivity index (χ0v) is 10.5. The van der Waals surface area contributed by atoms with Crippen LogP contribution in [0, 0.1) is 5.92 Å². The highest BCUT2D eigenvalue weighted by molar-refractivity contribution is 5.77. The maximum absolute atomic E-state index is 11.5. The van der Waals surface area contributed by atoms with Gasteiger partial charge < -0.3 is 9.80 Å². The van der Waals surface area contributed by atoms with Crippen molar-refractivity contribution in [2.24, 2.45) is 5.92 Å². The molecule has 0 aromatic rings. The molecule has 0 aromatic heterocycles. The third-order valence-electron chi connectivity index (χ3n) is 4.03. The number of hydrogen-bond acceptors (Lipinski definition) is 2. The summed E-state index contributed by atoms with van der Waals surface area (Å²) in [6.07, 6.45) is 5.77. The van der Waals surface area contributed by atoms with E-state index in [-0.39, 0.29) is 0 Å². The fourth-order valence-electron chi connectivity index (χ4n) is 2.95. The minimum absolute atomic E-state index is 0.378. The second-order valence-electron chi connectivity index (χ2n) is 5.17. The first kappa shape index (κ1) is 11.9. The topological polar surface area (TPSA) is 23.6 Å². The molecule has 3 heteroatoms. The van der Waals surface area contributed by atoms with E-state index in [1.807, 2.05) is 0 Å². The van der Waals surface area contributed by atoms with Crippen LogP contribution in [0.4, 0.5) is 0 Å². The monoisotopic (exact) mass is 224 g/mol. The summed E-state index contributed by atoms with van der Waals surface area (Å²) in [6.45, 7) is 7.95. The number of amides is 1. The molecule has 2 fully saturated rings. The lowest BCUT2D eigenvalue weighted by atomic mass is 9.94. The van der Waals surface area contributed by atoms with Crippen molar-refractivity contribution in [2.45, 2.75) is 39.0 Å². The van der Waals surface area contributed by atoms with Gasteiger partial charge in [-0.3, -0.25) is 4.79 Å². The van der Waals surface area contributed by atoms with Crippen LogP contribution in [0.25, 0.3) is 0 Å². The third-order valence-corrected chi connectivity index (χ3v) is 4.03. The summed E-state index contributed by atoms with van der Waals surface area (Å²) in [5.74, 6) is 1.20. The molecule has 16 heavy (non-hydrogen) atoms. The quantitative estimate of drug-likeness (QED) is 0.726. The number of carbonyl (C=O) groups excluding carboxylic acids is 1. The van der Waals surface area contributed by atoms with E-state index in [9.17, 15) is 4.79 Å². The van der Waals surface area contributed by atoms with Gasteiger partial charge >= 0.3 is 0 Å². The van der Waals surface area contributed by atoms with E-state index >= 15 is 0 Å². The molecule has 0 spiro atoms. The van der Waals surface area contributed by atoms with E-state index in [0.717, 1.165) is 31.8 Å². The Morgan fingerprint density at radius 1 is 1.31 bits per heavy atom. The van der Waals surface area contributed by atoms with Gasteiger partial charge in [-0.2, -0.15) is 0 Å². The van der Waals surface area contributed by atoms with E-state index in [0.29, 0.717) is 5.91 Å². The van der Waals surface area contributed by atoms with Crippen molar-refractivity contribution in [2.75, 3.05) is 32.7 Å². The molecule has 0 bridgehead atoms. The minimum Gasteiger partial charge on any atom is -0.343 e. The zero-order chi connectivity index (χ0) is 11.4. The van der Waals surface area contributed by atoms with Crippen LogP contribution >= 0.6 is 0 Å². The molecule has 0 N–H and O–H groups in total. The van der Waals surface area contributed by atoms with Crippen LogP contribution in [0.1, 0.15) is 39.0 Å². The molecule has 0 aromatic carbocycles. The second kappa shape index (κ2) is 5.67. The molecule has 92 valence electrons. The van der Waals surface area contributed by atoms with E-state index < -0.39 is 0 Å². The van der Waals surface area contributed by atoms with Crippen molar-refractivity contribution in [1.82, 2.24) is 9.80 Å². The first-order valence-corrected chi connectivity index (χ1v) is 6.79. The van der Waals surface area contributed by atoms with Gasteiger partial charge in [-0.25, -0.2) is 0 Å². The minimum atomic E-state index is 0.378. The van der Waals surface area contributed by atoms with Crippen LogP contribution in [0.2, 0.25) is 0 Å². The Morgan fingerprint density at radius 3 is 2.88 bits per heavy atom. The van der Waals surface area contributed by atoms with Crippen LogP contribution in [-0.2, 0) is 4.79 Å². The average molecular weight is 224 g/mol. The normalized spacial score (nSPS) is 27.7. The van der Waals surface area contributed by atoms with Crippen LogP contribution in [0.15, 0.2) is 0 Å². The first-order valence-electron chi connectivity index (χ1n) is 6.79. The largest absolute Gasteiger partial charge is 0.343 e. The molecule has 3 nitrogen and oxygen atoms in total. The van der Waals surface area contributed by atoms with E-state index in [1.165, 1.54) is 38.9 Å². The molecule has 0 radical (unpaired) electrons. The maximum Gasteiger partial charge on any atom is 0.222 e. The van der Waals surface area contributed by atoms with Crippen molar-refractivity contribution in [3.05, 3.63) is 0 Å². The fraction of sp³-hybridized carbons (Fsp3) is 0.923. The molecular weight excluding hydrogens is 200 g/mol. The zero-order valence-electron chi connectivity index (χ0n) is 10.5. The number of hydrogen-bond donors (Lipinski definition) is 0. The van der Waals surface area contributed by atoms with E-state index in [1.54, 1.807) is 0 Å². The second-order valence-corrected chi connectivity index (χ2v) is 5.17. The Kier molecular flexibility index (Phi) is 4.22. The molecule has 1 atom stereocenters. The van der Waals surface area contributed by atoms with Gasteiger partial charge in [-0.05, 0) is 44.7 Å². The predicted octanol–water partition coefficient (Wildman–Crippen LogP) is 1.73. The summed E-state index contributed by atoms with van der Waals surface area (Å²) in [6, 6.07) is 0. The van der Waals surface area contributed by atoms with Gasteiger partial charge in [0, 0.05) is 26.1 Å². The molecule has 2 rings (SSSR count). The van der Waals surface area contributed by atoms with Gasteiger partial charge in [0.25, 0.3) is 0 Å². The maximum atomic E-state index is 11.5. The van der Waals surface area contributed by atoms with Crippen molar-refractivity contribution in [3.63, 3.8) is 0 Å². The Bertz CT molecular complexity index is 242. The summed E-state index contributed by atoms with van der Waals surface area (Å²) >= 11 is 0. The van der Waals surface area contributed by atoms with Crippen molar-refractivity contribution in [1.29, 1.82) is 0 Å². The molecule has 1 unspecified atom stereocenters. The lowest BCUT2D eigenvalue weighted by Crippen LogP contribution is -2.37. The SMILES string of the molecule is CCN1CCCC(CCN2CCCC2=O)C1. The van der Waals surface area contributed by atoms with Gasteiger partial charge in [0.15, 0.2) is 0 Å². The highest BCUT2D eigenvalue weighted by atomic mass is 16.2. The van der Waals surface area contributed by atoms with E-state index in [4.69, 9.17) is 0 Å². The number of likely N-dealkylation sites (tertiary alicyclic amines) is 2. The smallest absolute Gasteiger partial charge is 0.222 e. The average Bonchev–Trinajstić information content (AvgIpc) is 2.72. The van der Waals surface area contributed by atoms with Crippen LogP contribution in [0.3, 0.4) is 0 Å². The van der Waals surface area contributed by atoms with Gasteiger partial charge in [0.2, 0.25) is 5.91 Å². The van der Waals surface area contributed by atoms with Crippen LogP contribution in [-0.4, -0.2) is 48.4 Å². The third kappa shape index (κ3) is 2.97. The van der Waals surface area contributed by atoms with Crippen molar-refractivity contribution in [3.8, 4) is 0 Å². The van der Waals surface area contributed by atoms with Gasteiger partial charge in [-0.15, -0.1) is 0 Å². The lowest BCUT2D eigenvalue weighted by molar-refractivity contribution is -0.127. The summed E-state index contributed by atoms with van der Waals surface area (Å²) in [4.78, 5) is 16.1. The molecule has 2 aliphatic rings. The van der Waals surface area contributed by atoms with Crippen LogP contribution < -0.4 is 0 Å². The summed E-state index contributed by atoms with van der Waals surface area (Å²) in [5.41, 5.74) is 0. The van der Waals surface area contributed by atoms with Gasteiger partial charge in [0.05, 0.1) is 0 Å². The first-order chi connectivity index (χ1) is 7.79. The van der Waals surface area contributed by atoms with Gasteiger partial charge in [-0.1, -0.05) is 6.92 Å². The Morgan fingerprint density at radius 2 is 2.19 bits per heavy atom. The van der Waals surface area contributed by atoms with Crippen molar-refractivity contribution >= 4 is 5.91 Å². The fourth-order valence-corrected chi connectivity index (χ4v) is 2.95. The molecule has 0 saturated carbocycles. The highest BCUT2D eigenvalue weighted by Crippen LogP contribution is 2.21. The van der Waals surface area contributed by atoms with Crippen molar-refractivity contribution < 1.29 is 4.79 Å². The number of piperidine rings is 1. The standard InChI is InChI=1S/C13H24N2O/c1-2-14-8-3-5-12(11-14)7-10-15-9-4-6-13(15)16/h12H,2-11H2,1H3. The summed E-state index contributed by atoms with van der Waals surface area (Å²) in [5, 5.41) is 0. The lowest BCUT2D eigenvalue weighted by Gasteiger charge is -2.32. The van der Waals surface area contributed by atoms with Gasteiger partial charge in [0.1, 0.15) is 0 Å². The summed E-state index contributed by atoms with van der Waals surface area (Å²) < 4.78 is 0. The van der Waals surface area contributed by atoms with E-state index in [2.05, 4.69) is 16.7 Å². The molecular formula is C13H24N2O. The van der Waals surface area contributed by atoms with Crippen LogP contribution in [0.5, 0.6) is 0 Å². The number of carbonyl (C=O) groups is 1. The number of nitrogens with zero attached hydrogens (tertiary/aromatic N) is 2. The Hall–Kier alpha value is -0.570. The molecule has 0 aliphatic carbocycles. The molecule has 2 saturated heterocycles. The molecule has 1 amide bonds. The summed E-state index contributed by atoms with van der Waals surface area (Å²) in [7, 11) is 0. The Balaban J connectivity index is 1.70.